The number of rotatable bonds is 0. The lowest BCUT2D eigenvalue weighted by molar-refractivity contribution is -0.137. The molecule has 0 spiro atoms. The first-order valence-corrected chi connectivity index (χ1v) is 6.26. The average Bonchev–Trinajstić information content (AvgIpc) is 2.96. The number of hydrogen-bond acceptors (Lipinski definition) is 2. The van der Waals surface area contributed by atoms with Crippen LogP contribution >= 0.6 is 0 Å². The minimum atomic E-state index is -4.29. The SMILES string of the molecule is FC(F)(F)c1ccc2c(c1)CN1C(=N2)C2C=CC1C2. The van der Waals surface area contributed by atoms with Gasteiger partial charge in [-0.15, -0.1) is 0 Å². The fourth-order valence-corrected chi connectivity index (χ4v) is 3.14. The molecule has 98 valence electrons. The number of nitrogens with zero attached hydrogens (tertiary/aromatic N) is 2. The predicted molar refractivity (Wildman–Crippen MR) is 65.1 cm³/mol. The first-order chi connectivity index (χ1) is 9.02. The minimum absolute atomic E-state index is 0.312. The third-order valence-corrected chi connectivity index (χ3v) is 4.07. The van der Waals surface area contributed by atoms with E-state index >= 15 is 0 Å². The van der Waals surface area contributed by atoms with E-state index in [1.165, 1.54) is 12.1 Å². The van der Waals surface area contributed by atoms with E-state index in [2.05, 4.69) is 22.0 Å². The van der Waals surface area contributed by atoms with Gasteiger partial charge in [0.15, 0.2) is 0 Å². The van der Waals surface area contributed by atoms with Crippen LogP contribution in [0.4, 0.5) is 18.9 Å². The van der Waals surface area contributed by atoms with E-state index in [4.69, 9.17) is 0 Å². The second kappa shape index (κ2) is 3.40. The molecule has 0 aromatic heterocycles. The van der Waals surface area contributed by atoms with Gasteiger partial charge in [-0.2, -0.15) is 13.2 Å². The Kier molecular flexibility index (Phi) is 1.99. The molecule has 2 nitrogen and oxygen atoms in total. The molecule has 1 fully saturated rings. The molecular weight excluding hydrogens is 253 g/mol. The summed E-state index contributed by atoms with van der Waals surface area (Å²) in [6.45, 7) is 0.531. The van der Waals surface area contributed by atoms with Gasteiger partial charge in [0, 0.05) is 18.5 Å². The lowest BCUT2D eigenvalue weighted by Gasteiger charge is -2.31. The molecule has 2 bridgehead atoms. The van der Waals surface area contributed by atoms with Crippen molar-refractivity contribution in [3.8, 4) is 0 Å². The molecule has 5 heteroatoms. The molecule has 2 atom stereocenters. The summed E-state index contributed by atoms with van der Waals surface area (Å²) in [4.78, 5) is 6.66. The molecule has 1 aromatic carbocycles. The molecule has 0 saturated carbocycles. The number of amidine groups is 1. The smallest absolute Gasteiger partial charge is 0.349 e. The summed E-state index contributed by atoms with van der Waals surface area (Å²) in [6, 6.07) is 4.14. The Morgan fingerprint density at radius 3 is 2.84 bits per heavy atom. The summed E-state index contributed by atoms with van der Waals surface area (Å²) < 4.78 is 38.1. The zero-order chi connectivity index (χ0) is 13.2. The van der Waals surface area contributed by atoms with Crippen LogP contribution in [0.3, 0.4) is 0 Å². The van der Waals surface area contributed by atoms with E-state index in [1.54, 1.807) is 0 Å². The molecule has 1 saturated heterocycles. The van der Waals surface area contributed by atoms with E-state index in [1.807, 2.05) is 0 Å². The van der Waals surface area contributed by atoms with Crippen LogP contribution in [0, 0.1) is 5.92 Å². The lowest BCUT2D eigenvalue weighted by Crippen LogP contribution is -2.36. The van der Waals surface area contributed by atoms with Crippen molar-refractivity contribution in [2.24, 2.45) is 10.9 Å². The Bertz CT molecular complexity index is 616. The minimum Gasteiger partial charge on any atom is -0.349 e. The van der Waals surface area contributed by atoms with Gasteiger partial charge in [0.2, 0.25) is 0 Å². The number of benzene rings is 1. The van der Waals surface area contributed by atoms with Gasteiger partial charge in [-0.3, -0.25) is 0 Å². The van der Waals surface area contributed by atoms with Crippen LogP contribution in [0.1, 0.15) is 17.5 Å². The van der Waals surface area contributed by atoms with Crippen molar-refractivity contribution in [1.82, 2.24) is 4.90 Å². The normalized spacial score (nSPS) is 27.3. The lowest BCUT2D eigenvalue weighted by atomic mass is 10.0. The first kappa shape index (κ1) is 11.1. The summed E-state index contributed by atoms with van der Waals surface area (Å²) in [5, 5.41) is 0. The molecule has 0 amide bonds. The largest absolute Gasteiger partial charge is 0.416 e. The molecule has 4 rings (SSSR count). The van der Waals surface area contributed by atoms with Crippen molar-refractivity contribution in [2.75, 3.05) is 0 Å². The Balaban J connectivity index is 1.78. The number of halogens is 3. The van der Waals surface area contributed by atoms with Crippen LogP contribution in [0.5, 0.6) is 0 Å². The first-order valence-electron chi connectivity index (χ1n) is 6.26. The van der Waals surface area contributed by atoms with Gasteiger partial charge < -0.3 is 4.90 Å². The Morgan fingerprint density at radius 1 is 1.21 bits per heavy atom. The van der Waals surface area contributed by atoms with Gasteiger partial charge in [-0.1, -0.05) is 12.2 Å². The number of fused-ring (bicyclic) bond motifs is 6. The maximum atomic E-state index is 12.7. The van der Waals surface area contributed by atoms with Gasteiger partial charge in [-0.25, -0.2) is 4.99 Å². The van der Waals surface area contributed by atoms with Crippen LogP contribution in [0.25, 0.3) is 0 Å². The molecule has 19 heavy (non-hydrogen) atoms. The molecule has 0 N–H and O–H groups in total. The number of hydrogen-bond donors (Lipinski definition) is 0. The summed E-state index contributed by atoms with van der Waals surface area (Å²) >= 11 is 0. The highest BCUT2D eigenvalue weighted by molar-refractivity contribution is 5.93. The Hall–Kier alpha value is -1.78. The second-order valence-electron chi connectivity index (χ2n) is 5.23. The maximum Gasteiger partial charge on any atom is 0.416 e. The number of aliphatic imine (C=N–C) groups is 1. The van der Waals surface area contributed by atoms with Gasteiger partial charge in [-0.05, 0) is 30.2 Å². The highest BCUT2D eigenvalue weighted by Crippen LogP contribution is 2.41. The fraction of sp³-hybridized carbons (Fsp3) is 0.357. The molecule has 2 heterocycles. The van der Waals surface area contributed by atoms with E-state index in [-0.39, 0.29) is 0 Å². The summed E-state index contributed by atoms with van der Waals surface area (Å²) in [5.41, 5.74) is 0.754. The third-order valence-electron chi connectivity index (χ3n) is 4.07. The van der Waals surface area contributed by atoms with Crippen molar-refractivity contribution in [3.63, 3.8) is 0 Å². The average molecular weight is 264 g/mol. The van der Waals surface area contributed by atoms with Crippen molar-refractivity contribution in [3.05, 3.63) is 41.5 Å². The van der Waals surface area contributed by atoms with Crippen molar-refractivity contribution in [2.45, 2.75) is 25.2 Å². The molecule has 3 aliphatic rings. The highest BCUT2D eigenvalue weighted by Gasteiger charge is 2.41. The molecular formula is C14H11F3N2. The number of alkyl halides is 3. The van der Waals surface area contributed by atoms with Crippen molar-refractivity contribution < 1.29 is 13.2 Å². The van der Waals surface area contributed by atoms with E-state index in [9.17, 15) is 13.2 Å². The summed E-state index contributed by atoms with van der Waals surface area (Å²) in [5.74, 6) is 1.36. The maximum absolute atomic E-state index is 12.7. The zero-order valence-electron chi connectivity index (χ0n) is 9.98. The Morgan fingerprint density at radius 2 is 2.05 bits per heavy atom. The second-order valence-corrected chi connectivity index (χ2v) is 5.23. The quantitative estimate of drug-likeness (QED) is 0.655. The van der Waals surface area contributed by atoms with Crippen molar-refractivity contribution in [1.29, 1.82) is 0 Å². The third kappa shape index (κ3) is 1.54. The van der Waals surface area contributed by atoms with Gasteiger partial charge in [0.1, 0.15) is 5.84 Å². The Labute approximate surface area is 108 Å². The highest BCUT2D eigenvalue weighted by atomic mass is 19.4. The zero-order valence-corrected chi connectivity index (χ0v) is 9.98. The molecule has 0 radical (unpaired) electrons. The summed E-state index contributed by atoms with van der Waals surface area (Å²) in [6.07, 6.45) is 0.999. The predicted octanol–water partition coefficient (Wildman–Crippen LogP) is 3.51. The van der Waals surface area contributed by atoms with Crippen LogP contribution < -0.4 is 0 Å². The van der Waals surface area contributed by atoms with Gasteiger partial charge in [0.25, 0.3) is 0 Å². The monoisotopic (exact) mass is 264 g/mol. The van der Waals surface area contributed by atoms with Crippen LogP contribution in [0.15, 0.2) is 35.3 Å². The van der Waals surface area contributed by atoms with E-state index in [0.717, 1.165) is 18.3 Å². The fourth-order valence-electron chi connectivity index (χ4n) is 3.14. The molecule has 2 unspecified atom stereocenters. The van der Waals surface area contributed by atoms with E-state index < -0.39 is 11.7 Å². The molecule has 1 aliphatic carbocycles. The van der Waals surface area contributed by atoms with Crippen LogP contribution in [-0.4, -0.2) is 16.8 Å². The topological polar surface area (TPSA) is 15.6 Å². The van der Waals surface area contributed by atoms with Crippen molar-refractivity contribution >= 4 is 11.5 Å². The standard InChI is InChI=1S/C14H11F3N2/c15-14(16,17)10-2-4-12-9(5-10)7-19-11-3-1-8(6-11)13(19)18-12/h1-5,8,11H,6-7H2. The molecule has 2 aliphatic heterocycles. The summed E-state index contributed by atoms with van der Waals surface area (Å²) in [7, 11) is 0. The van der Waals surface area contributed by atoms with Crippen LogP contribution in [-0.2, 0) is 12.7 Å². The molecule has 1 aromatic rings. The van der Waals surface area contributed by atoms with E-state index in [0.29, 0.717) is 29.8 Å². The van der Waals surface area contributed by atoms with Gasteiger partial charge >= 0.3 is 6.18 Å². The van der Waals surface area contributed by atoms with Gasteiger partial charge in [0.05, 0.1) is 11.3 Å². The van der Waals surface area contributed by atoms with Crippen LogP contribution in [0.2, 0.25) is 0 Å².